The monoisotopic (exact) mass is 314 g/mol. The maximum absolute atomic E-state index is 12.8. The lowest BCUT2D eigenvalue weighted by Gasteiger charge is -2.41. The second-order valence-corrected chi connectivity index (χ2v) is 6.78. The van der Waals surface area contributed by atoms with E-state index in [9.17, 15) is 4.79 Å². The second kappa shape index (κ2) is 5.53. The van der Waals surface area contributed by atoms with E-state index in [-0.39, 0.29) is 17.4 Å². The van der Waals surface area contributed by atoms with E-state index < -0.39 is 0 Å². The number of ether oxygens (including phenoxy) is 1. The lowest BCUT2D eigenvalue weighted by molar-refractivity contribution is -0.0279. The molecule has 1 aliphatic carbocycles. The van der Waals surface area contributed by atoms with Gasteiger partial charge in [0, 0.05) is 29.9 Å². The van der Waals surface area contributed by atoms with Crippen LogP contribution in [0.2, 0.25) is 0 Å². The molecular weight excluding hydrogens is 292 g/mol. The molecule has 2 aromatic rings. The number of carbonyl (C=O) groups excluding carboxylic acids is 1. The van der Waals surface area contributed by atoms with Crippen molar-refractivity contribution in [3.05, 3.63) is 30.1 Å². The van der Waals surface area contributed by atoms with Crippen LogP contribution in [-0.2, 0) is 4.74 Å². The highest BCUT2D eigenvalue weighted by atomic mass is 16.5. The fraction of sp³-hybridized carbons (Fsp3) is 0.529. The first-order chi connectivity index (χ1) is 11.2. The van der Waals surface area contributed by atoms with Crippen LogP contribution in [0.3, 0.4) is 0 Å². The van der Waals surface area contributed by atoms with Gasteiger partial charge in [0.2, 0.25) is 0 Å². The molecule has 0 aromatic carbocycles. The number of nitrogens with zero attached hydrogens (tertiary/aromatic N) is 2. The summed E-state index contributed by atoms with van der Waals surface area (Å²) in [6.07, 6.45) is 9.00. The number of aromatic nitrogens is 2. The van der Waals surface area contributed by atoms with Crippen molar-refractivity contribution in [2.24, 2.45) is 5.41 Å². The summed E-state index contributed by atoms with van der Waals surface area (Å²) in [6, 6.07) is 3.74. The van der Waals surface area contributed by atoms with Crippen molar-refractivity contribution >= 4 is 17.1 Å². The van der Waals surface area contributed by atoms with Crippen molar-refractivity contribution in [3.8, 4) is 0 Å². The Morgan fingerprint density at radius 3 is 3.09 bits per heavy atom. The zero-order chi connectivity index (χ0) is 15.9. The van der Waals surface area contributed by atoms with Crippen LogP contribution >= 0.6 is 0 Å². The molecule has 1 amide bonds. The molecule has 6 nitrogen and oxygen atoms in total. The Labute approximate surface area is 135 Å². The van der Waals surface area contributed by atoms with Crippen LogP contribution in [0.4, 0.5) is 5.69 Å². The number of hydrogen-bond acceptors (Lipinski definition) is 4. The van der Waals surface area contributed by atoms with E-state index in [1.165, 1.54) is 12.8 Å². The molecule has 3 heterocycles. The number of amides is 1. The van der Waals surface area contributed by atoms with E-state index in [2.05, 4.69) is 10.4 Å². The number of anilines is 1. The van der Waals surface area contributed by atoms with Gasteiger partial charge < -0.3 is 15.8 Å². The molecule has 3 N–H and O–H groups in total. The van der Waals surface area contributed by atoms with E-state index in [0.717, 1.165) is 31.4 Å². The lowest BCUT2D eigenvalue weighted by Crippen LogP contribution is -2.52. The van der Waals surface area contributed by atoms with Gasteiger partial charge in [-0.1, -0.05) is 12.8 Å². The Bertz CT molecular complexity index is 733. The standard InChI is InChI=1S/C17H22N4O2/c18-12-3-7-21-14(9-12)13(10-19-21)16(22)20-15-4-8-23-11-17(15)5-1-2-6-17/h3,7,9-10,15H,1-2,4-6,8,11,18H2,(H,20,22)/t15-/m0/s1. The van der Waals surface area contributed by atoms with Gasteiger partial charge in [0.1, 0.15) is 0 Å². The Balaban J connectivity index is 1.60. The van der Waals surface area contributed by atoms with Crippen molar-refractivity contribution in [1.82, 2.24) is 14.9 Å². The molecule has 23 heavy (non-hydrogen) atoms. The molecule has 6 heteroatoms. The lowest BCUT2D eigenvalue weighted by atomic mass is 9.76. The molecule has 2 aromatic heterocycles. The highest BCUT2D eigenvalue weighted by Crippen LogP contribution is 2.44. The molecule has 1 aliphatic heterocycles. The predicted octanol–water partition coefficient (Wildman–Crippen LogP) is 2.00. The molecule has 1 saturated carbocycles. The largest absolute Gasteiger partial charge is 0.399 e. The van der Waals surface area contributed by atoms with E-state index in [4.69, 9.17) is 10.5 Å². The first kappa shape index (κ1) is 14.5. The SMILES string of the molecule is Nc1ccn2ncc(C(=O)N[C@H]3CCOCC34CCCC4)c2c1. The summed E-state index contributed by atoms with van der Waals surface area (Å²) in [6.45, 7) is 1.48. The average molecular weight is 314 g/mol. The molecule has 122 valence electrons. The quantitative estimate of drug-likeness (QED) is 0.888. The summed E-state index contributed by atoms with van der Waals surface area (Å²) < 4.78 is 7.39. The summed E-state index contributed by atoms with van der Waals surface area (Å²) >= 11 is 0. The maximum atomic E-state index is 12.8. The van der Waals surface area contributed by atoms with Gasteiger partial charge in [-0.25, -0.2) is 4.52 Å². The number of hydrogen-bond donors (Lipinski definition) is 2. The Hall–Kier alpha value is -2.08. The third-order valence-corrected chi connectivity index (χ3v) is 5.37. The molecule has 0 bridgehead atoms. The van der Waals surface area contributed by atoms with Gasteiger partial charge in [-0.05, 0) is 31.4 Å². The number of rotatable bonds is 2. The molecule has 4 rings (SSSR count). The molecular formula is C17H22N4O2. The second-order valence-electron chi connectivity index (χ2n) is 6.78. The van der Waals surface area contributed by atoms with Gasteiger partial charge in [0.25, 0.3) is 5.91 Å². The number of nitrogens with two attached hydrogens (primary N) is 1. The van der Waals surface area contributed by atoms with Crippen LogP contribution in [0, 0.1) is 5.41 Å². The van der Waals surface area contributed by atoms with Crippen molar-refractivity contribution in [2.45, 2.75) is 38.1 Å². The van der Waals surface area contributed by atoms with Gasteiger partial charge in [0.05, 0.1) is 23.9 Å². The van der Waals surface area contributed by atoms with Crippen LogP contribution < -0.4 is 11.1 Å². The summed E-state index contributed by atoms with van der Waals surface area (Å²) in [5.41, 5.74) is 7.92. The molecule has 2 aliphatic rings. The fourth-order valence-electron chi connectivity index (χ4n) is 4.09. The number of carbonyl (C=O) groups is 1. The van der Waals surface area contributed by atoms with Gasteiger partial charge >= 0.3 is 0 Å². The Morgan fingerprint density at radius 2 is 2.26 bits per heavy atom. The summed E-state index contributed by atoms with van der Waals surface area (Å²) in [5, 5.41) is 7.49. The van der Waals surface area contributed by atoms with Crippen molar-refractivity contribution in [3.63, 3.8) is 0 Å². The van der Waals surface area contributed by atoms with Crippen LogP contribution in [0.1, 0.15) is 42.5 Å². The van der Waals surface area contributed by atoms with Crippen LogP contribution in [0.25, 0.3) is 5.52 Å². The number of nitrogens with one attached hydrogen (secondary N) is 1. The average Bonchev–Trinajstić information content (AvgIpc) is 3.17. The number of fused-ring (bicyclic) bond motifs is 1. The van der Waals surface area contributed by atoms with Gasteiger partial charge in [-0.15, -0.1) is 0 Å². The fourth-order valence-corrected chi connectivity index (χ4v) is 4.09. The van der Waals surface area contributed by atoms with Crippen LogP contribution in [0.15, 0.2) is 24.5 Å². The highest BCUT2D eigenvalue weighted by Gasteiger charge is 2.44. The minimum atomic E-state index is -0.0659. The van der Waals surface area contributed by atoms with Gasteiger partial charge in [-0.3, -0.25) is 4.79 Å². The third kappa shape index (κ3) is 2.47. The zero-order valence-corrected chi connectivity index (χ0v) is 13.1. The van der Waals surface area contributed by atoms with Crippen LogP contribution in [-0.4, -0.2) is 34.8 Å². The number of nitrogen functional groups attached to an aromatic ring is 1. The minimum absolute atomic E-state index is 0.0659. The summed E-state index contributed by atoms with van der Waals surface area (Å²) in [5.74, 6) is -0.0659. The molecule has 1 spiro atoms. The minimum Gasteiger partial charge on any atom is -0.399 e. The van der Waals surface area contributed by atoms with E-state index in [1.807, 2.05) is 0 Å². The summed E-state index contributed by atoms with van der Waals surface area (Å²) in [7, 11) is 0. The first-order valence-corrected chi connectivity index (χ1v) is 8.29. The van der Waals surface area contributed by atoms with Gasteiger partial charge in [0.15, 0.2) is 0 Å². The van der Waals surface area contributed by atoms with E-state index in [0.29, 0.717) is 17.9 Å². The maximum Gasteiger partial charge on any atom is 0.255 e. The third-order valence-electron chi connectivity index (χ3n) is 5.37. The zero-order valence-electron chi connectivity index (χ0n) is 13.1. The summed E-state index contributed by atoms with van der Waals surface area (Å²) in [4.78, 5) is 12.8. The number of pyridine rings is 1. The van der Waals surface area contributed by atoms with E-state index >= 15 is 0 Å². The molecule has 0 radical (unpaired) electrons. The van der Waals surface area contributed by atoms with Crippen molar-refractivity contribution in [2.75, 3.05) is 18.9 Å². The van der Waals surface area contributed by atoms with E-state index in [1.54, 1.807) is 29.0 Å². The van der Waals surface area contributed by atoms with Crippen molar-refractivity contribution in [1.29, 1.82) is 0 Å². The molecule has 0 unspecified atom stereocenters. The van der Waals surface area contributed by atoms with Gasteiger partial charge in [-0.2, -0.15) is 5.10 Å². The molecule has 1 saturated heterocycles. The molecule has 1 atom stereocenters. The predicted molar refractivity (Wildman–Crippen MR) is 87.2 cm³/mol. The Morgan fingerprint density at radius 1 is 1.43 bits per heavy atom. The highest BCUT2D eigenvalue weighted by molar-refractivity contribution is 6.01. The smallest absolute Gasteiger partial charge is 0.255 e. The first-order valence-electron chi connectivity index (χ1n) is 8.29. The Kier molecular flexibility index (Phi) is 3.49. The normalized spacial score (nSPS) is 23.4. The molecule has 2 fully saturated rings. The topological polar surface area (TPSA) is 81.7 Å². The van der Waals surface area contributed by atoms with Crippen molar-refractivity contribution < 1.29 is 9.53 Å². The van der Waals surface area contributed by atoms with Crippen LogP contribution in [0.5, 0.6) is 0 Å².